The van der Waals surface area contributed by atoms with Gasteiger partial charge in [-0.2, -0.15) is 0 Å². The van der Waals surface area contributed by atoms with Gasteiger partial charge in [-0.1, -0.05) is 6.07 Å². The molecule has 4 heteroatoms. The Morgan fingerprint density at radius 2 is 2.11 bits per heavy atom. The molecule has 1 N–H and O–H groups in total. The molecule has 0 atom stereocenters. The first-order valence-corrected chi connectivity index (χ1v) is 6.46. The lowest BCUT2D eigenvalue weighted by Crippen LogP contribution is -2.13. The quantitative estimate of drug-likeness (QED) is 0.844. The molecular formula is C15H14N2O2. The molecule has 2 heterocycles. The molecule has 1 aliphatic heterocycles. The monoisotopic (exact) mass is 254 g/mol. The molecule has 1 aliphatic carbocycles. The average Bonchev–Trinajstić information content (AvgIpc) is 2.93. The van der Waals surface area contributed by atoms with Crippen LogP contribution in [0.3, 0.4) is 0 Å². The van der Waals surface area contributed by atoms with Crippen molar-refractivity contribution < 1.29 is 9.53 Å². The summed E-state index contributed by atoms with van der Waals surface area (Å²) in [4.78, 5) is 11.5. The molecule has 1 aromatic heterocycles. The summed E-state index contributed by atoms with van der Waals surface area (Å²) in [5.74, 6) is 0.927. The van der Waals surface area contributed by atoms with Crippen molar-refractivity contribution in [1.29, 1.82) is 0 Å². The first kappa shape index (κ1) is 10.7. The van der Waals surface area contributed by atoms with E-state index in [-0.39, 0.29) is 5.91 Å². The van der Waals surface area contributed by atoms with E-state index in [0.717, 1.165) is 24.3 Å². The molecule has 0 spiro atoms. The fraction of sp³-hybridized carbons (Fsp3) is 0.267. The molecule has 1 aromatic carbocycles. The molecule has 0 bridgehead atoms. The predicted octanol–water partition coefficient (Wildman–Crippen LogP) is 1.89. The molecule has 0 saturated heterocycles. The third kappa shape index (κ3) is 1.43. The molecule has 0 fully saturated rings. The van der Waals surface area contributed by atoms with Gasteiger partial charge < -0.3 is 4.74 Å². The zero-order valence-electron chi connectivity index (χ0n) is 10.7. The Morgan fingerprint density at radius 3 is 2.95 bits per heavy atom. The normalized spacial score (nSPS) is 15.5. The number of methoxy groups -OCH3 is 1. The van der Waals surface area contributed by atoms with Crippen LogP contribution in [0.2, 0.25) is 0 Å². The number of aromatic nitrogens is 1. The summed E-state index contributed by atoms with van der Waals surface area (Å²) in [6.45, 7) is 0. The Morgan fingerprint density at radius 1 is 1.26 bits per heavy atom. The molecule has 4 nitrogen and oxygen atoms in total. The maximum absolute atomic E-state index is 11.5. The van der Waals surface area contributed by atoms with Gasteiger partial charge in [0.05, 0.1) is 19.2 Å². The van der Waals surface area contributed by atoms with Crippen LogP contribution in [-0.4, -0.2) is 17.7 Å². The highest BCUT2D eigenvalue weighted by Gasteiger charge is 2.28. The number of ether oxygens (including phenoxy) is 1. The van der Waals surface area contributed by atoms with Crippen molar-refractivity contribution in [2.45, 2.75) is 19.3 Å². The van der Waals surface area contributed by atoms with Gasteiger partial charge in [0.15, 0.2) is 0 Å². The van der Waals surface area contributed by atoms with Crippen molar-refractivity contribution in [3.63, 3.8) is 0 Å². The standard InChI is InChI=1S/C15H14N2O2/c1-19-11-5-4-9-2-3-10-8-17-13(7-14(18)16-17)15(10)12(9)6-11/h4-6,8H,2-3,7H2,1H3,(H,16,18). The number of carbonyl (C=O) groups excluding carboxylic acids is 1. The predicted molar refractivity (Wildman–Crippen MR) is 71.9 cm³/mol. The average molecular weight is 254 g/mol. The van der Waals surface area contributed by atoms with Gasteiger partial charge in [0.1, 0.15) is 5.75 Å². The van der Waals surface area contributed by atoms with Crippen LogP contribution < -0.4 is 10.2 Å². The van der Waals surface area contributed by atoms with Gasteiger partial charge in [-0.3, -0.25) is 14.9 Å². The number of fused-ring (bicyclic) bond motifs is 5. The van der Waals surface area contributed by atoms with Crippen LogP contribution in [-0.2, 0) is 24.1 Å². The second kappa shape index (κ2) is 3.63. The molecule has 0 radical (unpaired) electrons. The van der Waals surface area contributed by atoms with Gasteiger partial charge >= 0.3 is 0 Å². The number of hydrogen-bond acceptors (Lipinski definition) is 2. The Bertz CT molecular complexity index is 700. The number of nitrogens with zero attached hydrogens (tertiary/aromatic N) is 1. The second-order valence-electron chi connectivity index (χ2n) is 5.08. The summed E-state index contributed by atoms with van der Waals surface area (Å²) in [5, 5.41) is 0. The molecule has 4 rings (SSSR count). The zero-order valence-corrected chi connectivity index (χ0v) is 10.7. The van der Waals surface area contributed by atoms with Gasteiger partial charge in [0, 0.05) is 11.8 Å². The van der Waals surface area contributed by atoms with Crippen LogP contribution in [0.15, 0.2) is 24.4 Å². The van der Waals surface area contributed by atoms with Crippen LogP contribution in [0.1, 0.15) is 16.8 Å². The summed E-state index contributed by atoms with van der Waals surface area (Å²) >= 11 is 0. The Hall–Kier alpha value is -2.23. The summed E-state index contributed by atoms with van der Waals surface area (Å²) in [7, 11) is 1.68. The molecular weight excluding hydrogens is 240 g/mol. The van der Waals surface area contributed by atoms with Gasteiger partial charge in [-0.05, 0) is 41.7 Å². The minimum absolute atomic E-state index is 0.0628. The maximum atomic E-state index is 11.5. The van der Waals surface area contributed by atoms with Crippen molar-refractivity contribution in [3.8, 4) is 16.9 Å². The SMILES string of the molecule is COc1ccc2c(c1)-c1c(cn3c1CC(=O)N3)CC2. The zero-order chi connectivity index (χ0) is 13.0. The van der Waals surface area contributed by atoms with E-state index in [4.69, 9.17) is 4.74 Å². The Balaban J connectivity index is 1.95. The smallest absolute Gasteiger partial charge is 0.244 e. The number of nitrogens with one attached hydrogen (secondary N) is 1. The van der Waals surface area contributed by atoms with E-state index in [0.29, 0.717) is 6.42 Å². The molecule has 19 heavy (non-hydrogen) atoms. The molecule has 2 aromatic rings. The number of carbonyl (C=O) groups is 1. The van der Waals surface area contributed by atoms with Crippen LogP contribution in [0.4, 0.5) is 0 Å². The Labute approximate surface area is 111 Å². The molecule has 96 valence electrons. The highest BCUT2D eigenvalue weighted by molar-refractivity contribution is 5.92. The van der Waals surface area contributed by atoms with Crippen LogP contribution in [0.5, 0.6) is 5.75 Å². The summed E-state index contributed by atoms with van der Waals surface area (Å²) < 4.78 is 7.20. The van der Waals surface area contributed by atoms with E-state index in [1.807, 2.05) is 10.7 Å². The number of amides is 1. The lowest BCUT2D eigenvalue weighted by molar-refractivity contribution is -0.115. The van der Waals surface area contributed by atoms with Gasteiger partial charge in [0.25, 0.3) is 0 Å². The Kier molecular flexibility index (Phi) is 2.04. The van der Waals surface area contributed by atoms with Crippen molar-refractivity contribution in [2.75, 3.05) is 12.5 Å². The highest BCUT2D eigenvalue weighted by atomic mass is 16.5. The lowest BCUT2D eigenvalue weighted by Gasteiger charge is -2.18. The molecule has 1 amide bonds. The second-order valence-corrected chi connectivity index (χ2v) is 5.08. The lowest BCUT2D eigenvalue weighted by atomic mass is 9.86. The van der Waals surface area contributed by atoms with Crippen molar-refractivity contribution in [3.05, 3.63) is 41.2 Å². The van der Waals surface area contributed by atoms with Gasteiger partial charge in [0.2, 0.25) is 5.91 Å². The van der Waals surface area contributed by atoms with E-state index in [2.05, 4.69) is 23.8 Å². The van der Waals surface area contributed by atoms with Crippen molar-refractivity contribution in [1.82, 2.24) is 4.68 Å². The number of aryl methyl sites for hydroxylation is 2. The molecule has 0 saturated carbocycles. The fourth-order valence-electron chi connectivity index (χ4n) is 3.12. The maximum Gasteiger partial charge on any atom is 0.244 e. The minimum Gasteiger partial charge on any atom is -0.497 e. The first-order valence-electron chi connectivity index (χ1n) is 6.46. The first-order chi connectivity index (χ1) is 9.26. The topological polar surface area (TPSA) is 43.3 Å². The van der Waals surface area contributed by atoms with Crippen LogP contribution in [0, 0.1) is 0 Å². The van der Waals surface area contributed by atoms with Crippen LogP contribution in [0.25, 0.3) is 11.1 Å². The number of rotatable bonds is 1. The van der Waals surface area contributed by atoms with Gasteiger partial charge in [-0.15, -0.1) is 0 Å². The van der Waals surface area contributed by atoms with Gasteiger partial charge in [-0.25, -0.2) is 0 Å². The minimum atomic E-state index is 0.0628. The fourth-order valence-corrected chi connectivity index (χ4v) is 3.12. The third-order valence-electron chi connectivity index (χ3n) is 4.01. The molecule has 0 unspecified atom stereocenters. The highest BCUT2D eigenvalue weighted by Crippen LogP contribution is 2.40. The van der Waals surface area contributed by atoms with E-state index in [1.165, 1.54) is 22.3 Å². The summed E-state index contributed by atoms with van der Waals surface area (Å²) in [6, 6.07) is 6.21. The van der Waals surface area contributed by atoms with E-state index in [9.17, 15) is 4.79 Å². The summed E-state index contributed by atoms with van der Waals surface area (Å²) in [5.41, 5.74) is 9.02. The molecule has 2 aliphatic rings. The van der Waals surface area contributed by atoms with E-state index >= 15 is 0 Å². The summed E-state index contributed by atoms with van der Waals surface area (Å²) in [6.07, 6.45) is 4.60. The van der Waals surface area contributed by atoms with Crippen molar-refractivity contribution in [2.24, 2.45) is 0 Å². The van der Waals surface area contributed by atoms with E-state index < -0.39 is 0 Å². The van der Waals surface area contributed by atoms with E-state index in [1.54, 1.807) is 7.11 Å². The third-order valence-corrected chi connectivity index (χ3v) is 4.01. The largest absolute Gasteiger partial charge is 0.497 e. The number of benzene rings is 1. The number of hydrogen-bond donors (Lipinski definition) is 1. The van der Waals surface area contributed by atoms with Crippen molar-refractivity contribution >= 4 is 5.91 Å². The van der Waals surface area contributed by atoms with Crippen LogP contribution >= 0.6 is 0 Å².